The minimum absolute atomic E-state index is 0. The van der Waals surface area contributed by atoms with E-state index in [-0.39, 0.29) is 17.1 Å². The Morgan fingerprint density at radius 2 is 1.88 bits per heavy atom. The first kappa shape index (κ1) is 15.7. The van der Waals surface area contributed by atoms with Crippen LogP contribution in [0.4, 0.5) is 0 Å². The monoisotopic (exact) mass is 156 g/mol. The van der Waals surface area contributed by atoms with Crippen LogP contribution >= 0.6 is 0 Å². The number of hydrogen-bond donors (Lipinski definition) is 0. The predicted octanol–water partition coefficient (Wildman–Crippen LogP) is 0.586. The Morgan fingerprint density at radius 3 is 1.88 bits per heavy atom. The summed E-state index contributed by atoms with van der Waals surface area (Å²) < 4.78 is 0. The van der Waals surface area contributed by atoms with E-state index in [0.29, 0.717) is 6.42 Å². The molecule has 0 saturated carbocycles. The largest absolute Gasteiger partial charge is 0.303 e. The smallest absolute Gasteiger partial charge is 0.281 e. The van der Waals surface area contributed by atoms with Crippen LogP contribution < -0.4 is 0 Å². The van der Waals surface area contributed by atoms with Gasteiger partial charge in [-0.2, -0.15) is 0 Å². The van der Waals surface area contributed by atoms with Crippen molar-refractivity contribution in [3.63, 3.8) is 0 Å². The van der Waals surface area contributed by atoms with Crippen molar-refractivity contribution in [2.75, 3.05) is 0 Å². The summed E-state index contributed by atoms with van der Waals surface area (Å²) in [5.41, 5.74) is 0. The van der Waals surface area contributed by atoms with Crippen molar-refractivity contribution in [2.45, 2.75) is 19.8 Å². The fourth-order valence-corrected chi connectivity index (χ4v) is 0.118. The van der Waals surface area contributed by atoms with Gasteiger partial charge >= 0.3 is 0 Å². The van der Waals surface area contributed by atoms with Crippen LogP contribution in [0.25, 0.3) is 0 Å². The van der Waals surface area contributed by atoms with Gasteiger partial charge in [-0.1, -0.05) is 6.92 Å². The van der Waals surface area contributed by atoms with Crippen molar-refractivity contribution in [1.29, 1.82) is 0 Å². The minimum Gasteiger partial charge on any atom is -0.303 e. The molecule has 8 heavy (non-hydrogen) atoms. The topological polar surface area (TPSA) is 34.1 Å². The van der Waals surface area contributed by atoms with Crippen molar-refractivity contribution in [3.8, 4) is 0 Å². The van der Waals surface area contributed by atoms with Gasteiger partial charge in [-0.25, -0.2) is 0 Å². The summed E-state index contributed by atoms with van der Waals surface area (Å²) in [4.78, 5) is 16.9. The maximum absolute atomic E-state index is 9.40. The molecule has 2 radical (unpaired) electrons. The average molecular weight is 156 g/mol. The molecule has 0 aromatic carbocycles. The first-order valence-corrected chi connectivity index (χ1v) is 2.06. The molecule has 2 nitrogen and oxygen atoms in total. The van der Waals surface area contributed by atoms with Crippen molar-refractivity contribution in [1.82, 2.24) is 0 Å². The second-order valence-electron chi connectivity index (χ2n) is 0.955. The van der Waals surface area contributed by atoms with E-state index in [1.807, 2.05) is 6.92 Å². The first-order valence-electron chi connectivity index (χ1n) is 2.06. The number of aldehydes is 1. The van der Waals surface area contributed by atoms with Gasteiger partial charge in [0.25, 0.3) is 6.79 Å². The molecule has 0 aromatic heterocycles. The summed E-state index contributed by atoms with van der Waals surface area (Å²) in [6.07, 6.45) is 2.61. The van der Waals surface area contributed by atoms with Crippen LogP contribution in [0.2, 0.25) is 0 Å². The second kappa shape index (κ2) is 28.8. The van der Waals surface area contributed by atoms with E-state index in [1.54, 1.807) is 0 Å². The standard InChI is InChI=1S/C4H8O.CO.Fe/c1-2-3-4-5;1-2;/h4H,2-3H2,1H3;;. The molecule has 0 amide bonds. The number of carbonyl (C=O) groups is 1. The summed E-state index contributed by atoms with van der Waals surface area (Å²) in [5, 5.41) is 0. The maximum Gasteiger partial charge on any atom is 0.281 e. The van der Waals surface area contributed by atoms with Gasteiger partial charge in [0.05, 0.1) is 0 Å². The Kier molecular flexibility index (Phi) is 56.4. The Hall–Kier alpha value is -0.141. The fraction of sp³-hybridized carbons (Fsp3) is 0.600. The van der Waals surface area contributed by atoms with Crippen LogP contribution in [0.15, 0.2) is 0 Å². The molecule has 0 unspecified atom stereocenters. The van der Waals surface area contributed by atoms with Gasteiger partial charge in [-0.05, 0) is 6.42 Å². The van der Waals surface area contributed by atoms with Crippen LogP contribution in [-0.4, -0.2) is 13.1 Å². The molecule has 0 spiro atoms. The Morgan fingerprint density at radius 1 is 1.50 bits per heavy atom. The molecular weight excluding hydrogens is 148 g/mol. The molecule has 0 N–H and O–H groups in total. The molecule has 0 aliphatic heterocycles. The zero-order valence-electron chi connectivity index (χ0n) is 4.66. The SMILES string of the molecule is CCCC=O.[C]=O.[Fe]. The molecule has 0 aromatic rings. The van der Waals surface area contributed by atoms with Crippen molar-refractivity contribution >= 4 is 13.1 Å². The third-order valence-corrected chi connectivity index (χ3v) is 0.407. The molecule has 0 atom stereocenters. The van der Waals surface area contributed by atoms with Gasteiger partial charge in [0.1, 0.15) is 6.29 Å². The minimum atomic E-state index is 0. The summed E-state index contributed by atoms with van der Waals surface area (Å²) in [7, 11) is 0. The Labute approximate surface area is 60.1 Å². The van der Waals surface area contributed by atoms with Gasteiger partial charge in [-0.3, -0.25) is 4.79 Å². The zero-order valence-corrected chi connectivity index (χ0v) is 5.77. The zero-order chi connectivity index (χ0) is 6.12. The Balaban J connectivity index is -0.0000000750. The van der Waals surface area contributed by atoms with E-state index < -0.39 is 0 Å². The van der Waals surface area contributed by atoms with Gasteiger partial charge in [-0.15, -0.1) is 0 Å². The van der Waals surface area contributed by atoms with E-state index >= 15 is 0 Å². The molecule has 0 aliphatic carbocycles. The molecule has 0 rings (SSSR count). The maximum atomic E-state index is 9.40. The van der Waals surface area contributed by atoms with Gasteiger partial charge < -0.3 is 4.79 Å². The van der Waals surface area contributed by atoms with Crippen molar-refractivity contribution < 1.29 is 26.7 Å². The summed E-state index contributed by atoms with van der Waals surface area (Å²) in [6.45, 7) is 6.48. The van der Waals surface area contributed by atoms with Crippen LogP contribution in [0, 0.1) is 0 Å². The second-order valence-corrected chi connectivity index (χ2v) is 0.955. The fourth-order valence-electron chi connectivity index (χ4n) is 0.118. The number of unbranched alkanes of at least 4 members (excludes halogenated alkanes) is 1. The third kappa shape index (κ3) is 40.0. The van der Waals surface area contributed by atoms with Crippen LogP contribution in [0.5, 0.6) is 0 Å². The molecule has 3 heteroatoms. The molecule has 0 aliphatic rings. The molecular formula is C5H8FeO2. The van der Waals surface area contributed by atoms with E-state index in [0.717, 1.165) is 12.7 Å². The number of hydrogen-bond acceptors (Lipinski definition) is 2. The Bertz CT molecular complexity index is 39.4. The van der Waals surface area contributed by atoms with Crippen LogP contribution in [-0.2, 0) is 26.7 Å². The molecule has 48 valence electrons. The van der Waals surface area contributed by atoms with E-state index in [2.05, 4.69) is 6.79 Å². The van der Waals surface area contributed by atoms with Crippen LogP contribution in [0.1, 0.15) is 19.8 Å². The summed E-state index contributed by atoms with van der Waals surface area (Å²) in [5.74, 6) is 0. The van der Waals surface area contributed by atoms with E-state index in [4.69, 9.17) is 4.79 Å². The van der Waals surface area contributed by atoms with E-state index in [1.165, 1.54) is 0 Å². The molecule has 0 heterocycles. The van der Waals surface area contributed by atoms with Crippen molar-refractivity contribution in [2.24, 2.45) is 0 Å². The average Bonchev–Trinajstić information content (AvgIpc) is 1.75. The van der Waals surface area contributed by atoms with Crippen molar-refractivity contribution in [3.05, 3.63) is 0 Å². The van der Waals surface area contributed by atoms with Gasteiger partial charge in [0, 0.05) is 23.5 Å². The summed E-state index contributed by atoms with van der Waals surface area (Å²) >= 11 is 0. The molecule has 0 saturated heterocycles. The molecule has 0 bridgehead atoms. The number of rotatable bonds is 2. The molecule has 0 fully saturated rings. The van der Waals surface area contributed by atoms with E-state index in [9.17, 15) is 4.79 Å². The quantitative estimate of drug-likeness (QED) is 0.433. The predicted molar refractivity (Wildman–Crippen MR) is 26.7 cm³/mol. The van der Waals surface area contributed by atoms with Crippen LogP contribution in [0.3, 0.4) is 0 Å². The third-order valence-electron chi connectivity index (χ3n) is 0.407. The first-order chi connectivity index (χ1) is 3.41. The summed E-state index contributed by atoms with van der Waals surface area (Å²) in [6, 6.07) is 0. The normalized spacial score (nSPS) is 5.12. The van der Waals surface area contributed by atoms with Gasteiger partial charge in [0.15, 0.2) is 0 Å². The van der Waals surface area contributed by atoms with Gasteiger partial charge in [0.2, 0.25) is 0 Å². The number of carbonyl (C=O) groups excluding carboxylic acids is 2.